The van der Waals surface area contributed by atoms with Crippen LogP contribution in [0.5, 0.6) is 0 Å². The third-order valence-corrected chi connectivity index (χ3v) is 6.40. The smallest absolute Gasteiger partial charge is 0.238 e. The number of rotatable bonds is 12. The molecule has 0 aliphatic carbocycles. The van der Waals surface area contributed by atoms with Gasteiger partial charge in [-0.2, -0.15) is 0 Å². The summed E-state index contributed by atoms with van der Waals surface area (Å²) in [6.45, 7) is 20.9. The maximum Gasteiger partial charge on any atom is 0.238 e. The molecule has 0 saturated carbocycles. The topological polar surface area (TPSA) is 47.1 Å². The molecule has 0 unspecified atom stereocenters. The molecule has 6 nitrogen and oxygen atoms in total. The molecule has 158 valence electrons. The Morgan fingerprint density at radius 3 is 1.30 bits per heavy atom. The zero-order valence-corrected chi connectivity index (χ0v) is 18.6. The largest absolute Gasteiger partial charge is 0.339 e. The van der Waals surface area contributed by atoms with Crippen LogP contribution in [0, 0.1) is 5.41 Å². The first-order valence-corrected chi connectivity index (χ1v) is 11.0. The molecule has 1 saturated heterocycles. The van der Waals surface area contributed by atoms with Crippen molar-refractivity contribution < 1.29 is 9.59 Å². The highest BCUT2D eigenvalue weighted by atomic mass is 16.2. The lowest BCUT2D eigenvalue weighted by Gasteiger charge is -2.34. The van der Waals surface area contributed by atoms with E-state index in [9.17, 15) is 9.59 Å². The first-order chi connectivity index (χ1) is 12.9. The summed E-state index contributed by atoms with van der Waals surface area (Å²) in [5.41, 5.74) is -0.886. The van der Waals surface area contributed by atoms with Crippen LogP contribution in [0.1, 0.15) is 54.4 Å². The molecule has 0 radical (unpaired) electrons. The fraction of sp³-hybridized carbons (Fsp3) is 0.905. The summed E-state index contributed by atoms with van der Waals surface area (Å²) >= 11 is 0. The zero-order chi connectivity index (χ0) is 20.4. The third kappa shape index (κ3) is 5.67. The summed E-state index contributed by atoms with van der Waals surface area (Å²) in [6, 6.07) is 0. The summed E-state index contributed by atoms with van der Waals surface area (Å²) in [5.74, 6) is 0.0741. The normalized spacial score (nSPS) is 17.9. The van der Waals surface area contributed by atoms with E-state index < -0.39 is 5.41 Å². The molecule has 0 spiro atoms. The second kappa shape index (κ2) is 11.6. The molecule has 0 aromatic heterocycles. The van der Waals surface area contributed by atoms with Gasteiger partial charge in [-0.25, -0.2) is 0 Å². The Bertz CT molecular complexity index is 419. The molecule has 2 amide bonds. The van der Waals surface area contributed by atoms with Crippen LogP contribution in [-0.4, -0.2) is 96.9 Å². The number of hydrogen-bond acceptors (Lipinski definition) is 4. The summed E-state index contributed by atoms with van der Waals surface area (Å²) in [6.07, 6.45) is 1.15. The molecule has 1 fully saturated rings. The predicted molar refractivity (Wildman–Crippen MR) is 112 cm³/mol. The minimum atomic E-state index is -0.886. The van der Waals surface area contributed by atoms with Crippen LogP contribution in [0.25, 0.3) is 0 Å². The van der Waals surface area contributed by atoms with Crippen molar-refractivity contribution in [2.45, 2.75) is 54.4 Å². The zero-order valence-electron chi connectivity index (χ0n) is 18.6. The van der Waals surface area contributed by atoms with Gasteiger partial charge in [-0.05, 0) is 39.0 Å². The van der Waals surface area contributed by atoms with Gasteiger partial charge in [0, 0.05) is 39.3 Å². The van der Waals surface area contributed by atoms with Gasteiger partial charge in [0.25, 0.3) is 0 Å². The van der Waals surface area contributed by atoms with Gasteiger partial charge in [-0.3, -0.25) is 9.59 Å². The Morgan fingerprint density at radius 2 is 1.04 bits per heavy atom. The minimum Gasteiger partial charge on any atom is -0.339 e. The van der Waals surface area contributed by atoms with E-state index >= 15 is 0 Å². The predicted octanol–water partition coefficient (Wildman–Crippen LogP) is 2.15. The fourth-order valence-electron chi connectivity index (χ4n) is 4.03. The number of carbonyl (C=O) groups excluding carboxylic acids is 2. The van der Waals surface area contributed by atoms with E-state index in [1.165, 1.54) is 0 Å². The quantitative estimate of drug-likeness (QED) is 0.485. The summed E-state index contributed by atoms with van der Waals surface area (Å²) in [7, 11) is 0. The molecule has 0 atom stereocenters. The van der Waals surface area contributed by atoms with Crippen LogP contribution < -0.4 is 0 Å². The highest BCUT2D eigenvalue weighted by molar-refractivity contribution is 6.05. The summed E-state index contributed by atoms with van der Waals surface area (Å²) < 4.78 is 0. The molecule has 1 aliphatic heterocycles. The number of likely N-dealkylation sites (N-methyl/N-ethyl adjacent to an activating group) is 2. The monoisotopic (exact) mass is 382 g/mol. The molecular weight excluding hydrogens is 340 g/mol. The Hall–Kier alpha value is -1.14. The van der Waals surface area contributed by atoms with Gasteiger partial charge < -0.3 is 19.6 Å². The molecule has 0 aromatic rings. The molecule has 0 bridgehead atoms. The van der Waals surface area contributed by atoms with Crippen molar-refractivity contribution in [1.82, 2.24) is 19.6 Å². The Labute approximate surface area is 166 Å². The lowest BCUT2D eigenvalue weighted by molar-refractivity contribution is -0.153. The lowest BCUT2D eigenvalue weighted by atomic mass is 9.79. The lowest BCUT2D eigenvalue weighted by Crippen LogP contribution is -2.51. The van der Waals surface area contributed by atoms with Crippen LogP contribution in [0.4, 0.5) is 0 Å². The van der Waals surface area contributed by atoms with Crippen molar-refractivity contribution in [2.75, 3.05) is 65.4 Å². The fourth-order valence-corrected chi connectivity index (χ4v) is 4.03. The standard InChI is InChI=1S/C21H42N4O2/c1-7-21(8-2)19(26)24(15-13-22(9-3)10-4)17-18-25(20(21)27)16-14-23(11-5)12-6/h7-18H2,1-6H3. The second-order valence-electron chi connectivity index (χ2n) is 7.43. The average Bonchev–Trinajstić information content (AvgIpc) is 2.79. The Morgan fingerprint density at radius 1 is 0.704 bits per heavy atom. The molecule has 1 aliphatic rings. The van der Waals surface area contributed by atoms with Gasteiger partial charge in [0.05, 0.1) is 0 Å². The molecule has 6 heteroatoms. The highest BCUT2D eigenvalue weighted by Gasteiger charge is 2.48. The Kier molecular flexibility index (Phi) is 10.3. The van der Waals surface area contributed by atoms with E-state index in [2.05, 4.69) is 37.5 Å². The number of carbonyl (C=O) groups is 2. The molecular formula is C21H42N4O2. The van der Waals surface area contributed by atoms with Crippen LogP contribution in [-0.2, 0) is 9.59 Å². The van der Waals surface area contributed by atoms with Crippen molar-refractivity contribution in [3.8, 4) is 0 Å². The van der Waals surface area contributed by atoms with Crippen molar-refractivity contribution in [3.63, 3.8) is 0 Å². The van der Waals surface area contributed by atoms with Crippen molar-refractivity contribution >= 4 is 11.8 Å². The van der Waals surface area contributed by atoms with E-state index in [0.717, 1.165) is 39.3 Å². The minimum absolute atomic E-state index is 0.0370. The van der Waals surface area contributed by atoms with E-state index in [4.69, 9.17) is 0 Å². The molecule has 1 heterocycles. The number of amides is 2. The van der Waals surface area contributed by atoms with Gasteiger partial charge in [0.2, 0.25) is 11.8 Å². The van der Waals surface area contributed by atoms with Crippen molar-refractivity contribution in [1.29, 1.82) is 0 Å². The number of nitrogens with zero attached hydrogens (tertiary/aromatic N) is 4. The number of hydrogen-bond donors (Lipinski definition) is 0. The van der Waals surface area contributed by atoms with Gasteiger partial charge in [-0.1, -0.05) is 41.5 Å². The van der Waals surface area contributed by atoms with Crippen LogP contribution in [0.15, 0.2) is 0 Å². The van der Waals surface area contributed by atoms with Crippen LogP contribution in [0.2, 0.25) is 0 Å². The maximum atomic E-state index is 13.4. The van der Waals surface area contributed by atoms with Gasteiger partial charge >= 0.3 is 0 Å². The molecule has 0 aromatic carbocycles. The highest BCUT2D eigenvalue weighted by Crippen LogP contribution is 2.33. The second-order valence-corrected chi connectivity index (χ2v) is 7.43. The molecule has 1 rings (SSSR count). The van der Waals surface area contributed by atoms with Crippen LogP contribution in [0.3, 0.4) is 0 Å². The van der Waals surface area contributed by atoms with E-state index in [-0.39, 0.29) is 11.8 Å². The summed E-state index contributed by atoms with van der Waals surface area (Å²) in [5, 5.41) is 0. The van der Waals surface area contributed by atoms with Gasteiger partial charge in [0.15, 0.2) is 0 Å². The first kappa shape index (κ1) is 23.9. The molecule has 0 N–H and O–H groups in total. The van der Waals surface area contributed by atoms with Gasteiger partial charge in [-0.15, -0.1) is 0 Å². The van der Waals surface area contributed by atoms with E-state index in [1.807, 2.05) is 23.6 Å². The van der Waals surface area contributed by atoms with E-state index in [1.54, 1.807) is 0 Å². The summed E-state index contributed by atoms with van der Waals surface area (Å²) in [4.78, 5) is 35.3. The maximum absolute atomic E-state index is 13.4. The Balaban J connectivity index is 2.96. The van der Waals surface area contributed by atoms with Crippen molar-refractivity contribution in [3.05, 3.63) is 0 Å². The van der Waals surface area contributed by atoms with Crippen LogP contribution >= 0.6 is 0 Å². The third-order valence-electron chi connectivity index (χ3n) is 6.40. The van der Waals surface area contributed by atoms with Gasteiger partial charge in [0.1, 0.15) is 5.41 Å². The average molecular weight is 383 g/mol. The van der Waals surface area contributed by atoms with E-state index in [0.29, 0.717) is 39.0 Å². The van der Waals surface area contributed by atoms with Crippen molar-refractivity contribution in [2.24, 2.45) is 5.41 Å². The SMILES string of the molecule is CCN(CC)CCN1CCN(CCN(CC)CC)C(=O)C(CC)(CC)C1=O. The molecule has 27 heavy (non-hydrogen) atoms. The first-order valence-electron chi connectivity index (χ1n) is 11.0.